The summed E-state index contributed by atoms with van der Waals surface area (Å²) in [4.78, 5) is 12.1. The first-order valence-corrected chi connectivity index (χ1v) is 22.9. The van der Waals surface area contributed by atoms with Crippen molar-refractivity contribution in [2.75, 3.05) is 13.7 Å². The Bertz CT molecular complexity index is 566. The van der Waals surface area contributed by atoms with Gasteiger partial charge in [0.2, 0.25) is 0 Å². The number of esters is 1. The van der Waals surface area contributed by atoms with Crippen molar-refractivity contribution in [2.24, 2.45) is 0 Å². The fourth-order valence-corrected chi connectivity index (χ4v) is 22.3. The summed E-state index contributed by atoms with van der Waals surface area (Å²) in [6.07, 6.45) is 11.7. The Morgan fingerprint density at radius 2 is 1.39 bits per heavy atom. The summed E-state index contributed by atoms with van der Waals surface area (Å²) >= 11 is -2.70. The number of allylic oxidation sites excluding steroid dienone is 2. The average Bonchev–Trinajstić information content (AvgIpc) is 2.70. The van der Waals surface area contributed by atoms with Crippen molar-refractivity contribution in [1.29, 1.82) is 0 Å². The van der Waals surface area contributed by atoms with E-state index >= 15 is 0 Å². The second-order valence-electron chi connectivity index (χ2n) is 10.6. The molecular weight excluding hydrogens is 507 g/mol. The number of hydrogen-bond donors (Lipinski definition) is 0. The molecule has 0 bridgehead atoms. The summed E-state index contributed by atoms with van der Waals surface area (Å²) in [5.74, 6) is -0.240. The van der Waals surface area contributed by atoms with Gasteiger partial charge in [0.05, 0.1) is 0 Å². The van der Waals surface area contributed by atoms with Crippen molar-refractivity contribution in [3.05, 3.63) is 21.3 Å². The van der Waals surface area contributed by atoms with Crippen LogP contribution in [0.3, 0.4) is 0 Å². The summed E-state index contributed by atoms with van der Waals surface area (Å²) in [5, 5.41) is 0.199. The van der Waals surface area contributed by atoms with Gasteiger partial charge in [0.1, 0.15) is 0 Å². The van der Waals surface area contributed by atoms with Crippen LogP contribution in [-0.4, -0.2) is 46.4 Å². The van der Waals surface area contributed by atoms with E-state index in [1.165, 1.54) is 62.5 Å². The first-order chi connectivity index (χ1) is 14.4. The summed E-state index contributed by atoms with van der Waals surface area (Å²) in [7, 11) is -0.343. The summed E-state index contributed by atoms with van der Waals surface area (Å²) in [6.45, 7) is 21.2. The van der Waals surface area contributed by atoms with Gasteiger partial charge < -0.3 is 0 Å². The van der Waals surface area contributed by atoms with Crippen LogP contribution in [0.2, 0.25) is 31.4 Å². The van der Waals surface area contributed by atoms with Crippen molar-refractivity contribution in [1.82, 2.24) is 0 Å². The van der Waals surface area contributed by atoms with Gasteiger partial charge in [-0.1, -0.05) is 0 Å². The second kappa shape index (κ2) is 14.9. The molecule has 0 rings (SSSR count). The number of methoxy groups -OCH3 is 1. The molecule has 31 heavy (non-hydrogen) atoms. The Morgan fingerprint density at radius 1 is 0.935 bits per heavy atom. The molecule has 0 saturated carbocycles. The molecule has 0 aromatic rings. The van der Waals surface area contributed by atoms with Crippen LogP contribution < -0.4 is 0 Å². The van der Waals surface area contributed by atoms with Gasteiger partial charge in [0.25, 0.3) is 0 Å². The fraction of sp³-hybridized carbons (Fsp3) is 0.808. The van der Waals surface area contributed by atoms with E-state index in [4.69, 9.17) is 9.16 Å². The van der Waals surface area contributed by atoms with Gasteiger partial charge in [-0.15, -0.1) is 0 Å². The van der Waals surface area contributed by atoms with Gasteiger partial charge in [-0.3, -0.25) is 0 Å². The molecule has 0 saturated heterocycles. The Morgan fingerprint density at radius 3 is 1.74 bits per heavy atom. The van der Waals surface area contributed by atoms with Crippen molar-refractivity contribution >= 4 is 32.7 Å². The van der Waals surface area contributed by atoms with Crippen LogP contribution in [0.1, 0.15) is 87.0 Å². The third-order valence-corrected chi connectivity index (χ3v) is 27.8. The zero-order valence-electron chi connectivity index (χ0n) is 22.5. The molecule has 0 spiro atoms. The minimum absolute atomic E-state index is 0.199. The van der Waals surface area contributed by atoms with Crippen molar-refractivity contribution in [2.45, 2.75) is 118 Å². The molecule has 0 unspecified atom stereocenters. The number of rotatable bonds is 15. The number of unbranched alkanes of at least 4 members (excludes halogenated alkanes) is 3. The molecule has 0 aromatic carbocycles. The van der Waals surface area contributed by atoms with Gasteiger partial charge >= 0.3 is 200 Å². The molecule has 0 amide bonds. The number of carbonyl (C=O) groups is 1. The molecule has 0 aliphatic heterocycles. The average molecular weight is 559 g/mol. The molecule has 0 heterocycles. The van der Waals surface area contributed by atoms with Crippen LogP contribution in [-0.2, 0) is 14.0 Å². The quantitative estimate of drug-likeness (QED) is 0.0874. The second-order valence-corrected chi connectivity index (χ2v) is 28.6. The monoisotopic (exact) mass is 560 g/mol. The summed E-state index contributed by atoms with van der Waals surface area (Å²) in [6, 6.07) is 0. The van der Waals surface area contributed by atoms with Crippen molar-refractivity contribution in [3.8, 4) is 0 Å². The van der Waals surface area contributed by atoms with Crippen LogP contribution in [0.5, 0.6) is 0 Å². The van der Waals surface area contributed by atoms with Crippen molar-refractivity contribution < 1.29 is 14.0 Å². The standard InChI is InChI=1S/C14H25O3Si.3C4H9.Sn/c1-12(11-13(15)16-5)9-8-10-17-18(6,7)14(2,3)4;3*1-3-4-2;/h8,11H,10H2,1-7H3;3*1,3-4H2,2H3;/b9-8?,12-11+;;;;. The van der Waals surface area contributed by atoms with Gasteiger partial charge in [-0.2, -0.15) is 0 Å². The van der Waals surface area contributed by atoms with E-state index in [1.807, 2.05) is 0 Å². The molecule has 0 aliphatic carbocycles. The SMILES string of the molecule is CCC[CH2][Sn]([CH2]CCC)([CH2]CCC)[C](=C/CO[Si](C)(C)C(C)(C)C)/C(C)=C/C(=O)OC. The van der Waals surface area contributed by atoms with E-state index in [0.717, 1.165) is 5.57 Å². The molecule has 0 radical (unpaired) electrons. The molecular formula is C26H52O3SiSn. The maximum absolute atomic E-state index is 12.1. The molecule has 0 atom stereocenters. The predicted octanol–water partition coefficient (Wildman–Crippen LogP) is 8.44. The van der Waals surface area contributed by atoms with E-state index < -0.39 is 26.7 Å². The molecule has 3 nitrogen and oxygen atoms in total. The van der Waals surface area contributed by atoms with E-state index in [1.54, 1.807) is 6.08 Å². The van der Waals surface area contributed by atoms with Crippen LogP contribution >= 0.6 is 0 Å². The van der Waals surface area contributed by atoms with Gasteiger partial charge in [-0.05, 0) is 0 Å². The topological polar surface area (TPSA) is 35.5 Å². The Kier molecular flexibility index (Phi) is 14.9. The zero-order chi connectivity index (χ0) is 24.1. The first kappa shape index (κ1) is 30.9. The third-order valence-electron chi connectivity index (χ3n) is 7.10. The maximum atomic E-state index is 12.1. The van der Waals surface area contributed by atoms with E-state index in [-0.39, 0.29) is 11.0 Å². The minimum atomic E-state index is -2.70. The van der Waals surface area contributed by atoms with Gasteiger partial charge in [0.15, 0.2) is 0 Å². The molecule has 5 heteroatoms. The summed E-state index contributed by atoms with van der Waals surface area (Å²) < 4.78 is 17.2. The molecule has 0 fully saturated rings. The van der Waals surface area contributed by atoms with E-state index in [9.17, 15) is 4.79 Å². The normalized spacial score (nSPS) is 14.1. The molecule has 182 valence electrons. The van der Waals surface area contributed by atoms with Crippen LogP contribution in [0, 0.1) is 0 Å². The van der Waals surface area contributed by atoms with Crippen LogP contribution in [0.15, 0.2) is 21.3 Å². The van der Waals surface area contributed by atoms with Crippen molar-refractivity contribution in [3.63, 3.8) is 0 Å². The first-order valence-electron chi connectivity index (χ1n) is 12.5. The number of hydrogen-bond acceptors (Lipinski definition) is 3. The Labute approximate surface area is 199 Å². The number of carbonyl (C=O) groups excluding carboxylic acids is 1. The molecule has 0 aliphatic rings. The molecule has 0 aromatic heterocycles. The predicted molar refractivity (Wildman–Crippen MR) is 142 cm³/mol. The zero-order valence-corrected chi connectivity index (χ0v) is 26.3. The number of ether oxygens (including phenoxy) is 1. The Balaban J connectivity index is 6.31. The van der Waals surface area contributed by atoms with Crippen LogP contribution in [0.4, 0.5) is 0 Å². The van der Waals surface area contributed by atoms with E-state index in [0.29, 0.717) is 6.61 Å². The third kappa shape index (κ3) is 10.6. The Hall–Kier alpha value is -0.0744. The van der Waals surface area contributed by atoms with Gasteiger partial charge in [-0.25, -0.2) is 0 Å². The van der Waals surface area contributed by atoms with E-state index in [2.05, 4.69) is 67.6 Å². The molecule has 0 N–H and O–H groups in total. The fourth-order valence-electron chi connectivity index (χ4n) is 3.98. The van der Waals surface area contributed by atoms with Crippen LogP contribution in [0.25, 0.3) is 0 Å². The summed E-state index contributed by atoms with van der Waals surface area (Å²) in [5.41, 5.74) is 1.13. The van der Waals surface area contributed by atoms with Gasteiger partial charge in [0, 0.05) is 0 Å².